The van der Waals surface area contributed by atoms with Gasteiger partial charge in [0.15, 0.2) is 11.5 Å². The van der Waals surface area contributed by atoms with E-state index in [2.05, 4.69) is 22.2 Å². The van der Waals surface area contributed by atoms with E-state index in [1.807, 2.05) is 24.3 Å². The number of pyridine rings is 1. The lowest BCUT2D eigenvalue weighted by Gasteiger charge is -2.10. The number of carbonyl (C=O) groups excluding carboxylic acids is 1. The van der Waals surface area contributed by atoms with E-state index in [4.69, 9.17) is 9.47 Å². The van der Waals surface area contributed by atoms with E-state index in [-0.39, 0.29) is 5.91 Å². The van der Waals surface area contributed by atoms with Gasteiger partial charge in [0.05, 0.1) is 26.1 Å². The minimum Gasteiger partial charge on any atom is -0.493 e. The van der Waals surface area contributed by atoms with Gasteiger partial charge in [-0.25, -0.2) is 4.98 Å². The van der Waals surface area contributed by atoms with Crippen molar-refractivity contribution in [2.75, 3.05) is 32.6 Å². The average molecular weight is 341 g/mol. The standard InChI is InChI=1S/C19H23N3O3/c1-4-10-20-15-6-7-16(22-13-15)19(23)21-11-9-14-5-8-17(24-2)18(12-14)25-3/h4-8,12-13,20H,1,9-11H2,2-3H3,(H,21,23). The fourth-order valence-corrected chi connectivity index (χ4v) is 2.27. The molecule has 0 fully saturated rings. The fourth-order valence-electron chi connectivity index (χ4n) is 2.27. The van der Waals surface area contributed by atoms with Crippen molar-refractivity contribution in [2.24, 2.45) is 0 Å². The van der Waals surface area contributed by atoms with Gasteiger partial charge >= 0.3 is 0 Å². The number of carbonyl (C=O) groups is 1. The SMILES string of the molecule is C=CCNc1ccc(C(=O)NCCc2ccc(OC)c(OC)c2)nc1. The Morgan fingerprint density at radius 3 is 2.64 bits per heavy atom. The average Bonchev–Trinajstić information content (AvgIpc) is 2.66. The molecule has 2 aromatic rings. The highest BCUT2D eigenvalue weighted by Gasteiger charge is 2.08. The van der Waals surface area contributed by atoms with Crippen LogP contribution >= 0.6 is 0 Å². The maximum absolute atomic E-state index is 12.1. The number of methoxy groups -OCH3 is 2. The third-order valence-electron chi connectivity index (χ3n) is 3.59. The molecule has 0 bridgehead atoms. The maximum Gasteiger partial charge on any atom is 0.269 e. The highest BCUT2D eigenvalue weighted by atomic mass is 16.5. The summed E-state index contributed by atoms with van der Waals surface area (Å²) in [4.78, 5) is 16.3. The van der Waals surface area contributed by atoms with Crippen molar-refractivity contribution in [3.8, 4) is 11.5 Å². The maximum atomic E-state index is 12.1. The summed E-state index contributed by atoms with van der Waals surface area (Å²) in [6.07, 6.45) is 4.08. The summed E-state index contributed by atoms with van der Waals surface area (Å²) < 4.78 is 10.5. The van der Waals surface area contributed by atoms with Gasteiger partial charge in [-0.1, -0.05) is 12.1 Å². The van der Waals surface area contributed by atoms with Crippen LogP contribution in [0.15, 0.2) is 49.2 Å². The van der Waals surface area contributed by atoms with Crippen LogP contribution in [0.2, 0.25) is 0 Å². The second-order valence-corrected chi connectivity index (χ2v) is 5.30. The Bertz CT molecular complexity index is 714. The number of anilines is 1. The van der Waals surface area contributed by atoms with E-state index in [1.54, 1.807) is 32.6 Å². The van der Waals surface area contributed by atoms with Crippen LogP contribution in [-0.4, -0.2) is 38.2 Å². The molecular weight excluding hydrogens is 318 g/mol. The zero-order chi connectivity index (χ0) is 18.1. The number of amides is 1. The first-order chi connectivity index (χ1) is 12.2. The van der Waals surface area contributed by atoms with Gasteiger partial charge in [-0.3, -0.25) is 4.79 Å². The molecule has 0 aliphatic carbocycles. The summed E-state index contributed by atoms with van der Waals surface area (Å²) in [5.74, 6) is 1.16. The molecule has 2 N–H and O–H groups in total. The molecule has 0 unspecified atom stereocenters. The molecule has 1 heterocycles. The first-order valence-electron chi connectivity index (χ1n) is 7.98. The van der Waals surface area contributed by atoms with Crippen LogP contribution in [0.1, 0.15) is 16.1 Å². The van der Waals surface area contributed by atoms with Gasteiger partial charge in [-0.05, 0) is 36.2 Å². The van der Waals surface area contributed by atoms with Crippen molar-refractivity contribution < 1.29 is 14.3 Å². The van der Waals surface area contributed by atoms with Gasteiger partial charge in [-0.15, -0.1) is 6.58 Å². The molecule has 1 amide bonds. The smallest absolute Gasteiger partial charge is 0.269 e. The predicted molar refractivity (Wildman–Crippen MR) is 98.5 cm³/mol. The lowest BCUT2D eigenvalue weighted by Crippen LogP contribution is -2.26. The Kier molecular flexibility index (Phi) is 6.83. The summed E-state index contributed by atoms with van der Waals surface area (Å²) in [7, 11) is 3.20. The van der Waals surface area contributed by atoms with Crippen LogP contribution < -0.4 is 20.1 Å². The first-order valence-corrected chi connectivity index (χ1v) is 7.98. The van der Waals surface area contributed by atoms with Gasteiger partial charge in [0.1, 0.15) is 5.69 Å². The molecule has 2 rings (SSSR count). The second-order valence-electron chi connectivity index (χ2n) is 5.30. The number of nitrogens with one attached hydrogen (secondary N) is 2. The van der Waals surface area contributed by atoms with Crippen LogP contribution in [0.3, 0.4) is 0 Å². The Morgan fingerprint density at radius 2 is 2.00 bits per heavy atom. The highest BCUT2D eigenvalue weighted by molar-refractivity contribution is 5.92. The van der Waals surface area contributed by atoms with Gasteiger partial charge < -0.3 is 20.1 Å². The molecule has 0 atom stereocenters. The van der Waals surface area contributed by atoms with E-state index in [0.29, 0.717) is 36.7 Å². The molecule has 1 aromatic carbocycles. The van der Waals surface area contributed by atoms with Crippen LogP contribution in [-0.2, 0) is 6.42 Å². The zero-order valence-electron chi connectivity index (χ0n) is 14.5. The molecule has 0 spiro atoms. The number of nitrogens with zero attached hydrogens (tertiary/aromatic N) is 1. The molecule has 0 radical (unpaired) electrons. The van der Waals surface area contributed by atoms with Crippen molar-refractivity contribution in [1.82, 2.24) is 10.3 Å². The third kappa shape index (κ3) is 5.24. The van der Waals surface area contributed by atoms with Crippen LogP contribution in [0, 0.1) is 0 Å². The topological polar surface area (TPSA) is 72.5 Å². The first kappa shape index (κ1) is 18.3. The number of rotatable bonds is 9. The van der Waals surface area contributed by atoms with Crippen LogP contribution in [0.4, 0.5) is 5.69 Å². The zero-order valence-corrected chi connectivity index (χ0v) is 14.5. The Balaban J connectivity index is 1.86. The summed E-state index contributed by atoms with van der Waals surface area (Å²) >= 11 is 0. The van der Waals surface area contributed by atoms with Gasteiger partial charge in [-0.2, -0.15) is 0 Å². The molecule has 6 heteroatoms. The van der Waals surface area contributed by atoms with Crippen LogP contribution in [0.5, 0.6) is 11.5 Å². The largest absolute Gasteiger partial charge is 0.493 e. The molecule has 1 aromatic heterocycles. The highest BCUT2D eigenvalue weighted by Crippen LogP contribution is 2.27. The molecule has 0 saturated carbocycles. The number of benzene rings is 1. The quantitative estimate of drug-likeness (QED) is 0.686. The van der Waals surface area contributed by atoms with Crippen molar-refractivity contribution >= 4 is 11.6 Å². The molecule has 0 saturated heterocycles. The number of ether oxygens (including phenoxy) is 2. The van der Waals surface area contributed by atoms with Gasteiger partial charge in [0, 0.05) is 13.1 Å². The van der Waals surface area contributed by atoms with E-state index in [1.165, 1.54) is 0 Å². The summed E-state index contributed by atoms with van der Waals surface area (Å²) in [5, 5.41) is 5.98. The van der Waals surface area contributed by atoms with Gasteiger partial charge in [0.25, 0.3) is 5.91 Å². The van der Waals surface area contributed by atoms with E-state index in [0.717, 1.165) is 11.3 Å². The lowest BCUT2D eigenvalue weighted by molar-refractivity contribution is 0.0949. The summed E-state index contributed by atoms with van der Waals surface area (Å²) in [6, 6.07) is 9.22. The number of hydrogen-bond acceptors (Lipinski definition) is 5. The molecule has 132 valence electrons. The van der Waals surface area contributed by atoms with E-state index in [9.17, 15) is 4.79 Å². The Hall–Kier alpha value is -3.02. The molecule has 25 heavy (non-hydrogen) atoms. The minimum atomic E-state index is -0.198. The van der Waals surface area contributed by atoms with Crippen molar-refractivity contribution in [1.29, 1.82) is 0 Å². The molecular formula is C19H23N3O3. The molecule has 0 aliphatic heterocycles. The van der Waals surface area contributed by atoms with E-state index >= 15 is 0 Å². The predicted octanol–water partition coefficient (Wildman–Crippen LogP) is 2.67. The molecule has 6 nitrogen and oxygen atoms in total. The van der Waals surface area contributed by atoms with Crippen molar-refractivity contribution in [3.63, 3.8) is 0 Å². The van der Waals surface area contributed by atoms with Crippen molar-refractivity contribution in [3.05, 3.63) is 60.4 Å². The molecule has 0 aliphatic rings. The Morgan fingerprint density at radius 1 is 1.20 bits per heavy atom. The van der Waals surface area contributed by atoms with Crippen molar-refractivity contribution in [2.45, 2.75) is 6.42 Å². The van der Waals surface area contributed by atoms with Gasteiger partial charge in [0.2, 0.25) is 0 Å². The fraction of sp³-hybridized carbons (Fsp3) is 0.263. The number of aromatic nitrogens is 1. The normalized spacial score (nSPS) is 10.0. The third-order valence-corrected chi connectivity index (χ3v) is 3.59. The van der Waals surface area contributed by atoms with Crippen LogP contribution in [0.25, 0.3) is 0 Å². The second kappa shape index (κ2) is 9.32. The van der Waals surface area contributed by atoms with E-state index < -0.39 is 0 Å². The minimum absolute atomic E-state index is 0.198. The lowest BCUT2D eigenvalue weighted by atomic mass is 10.1. The monoisotopic (exact) mass is 341 g/mol. The Labute approximate surface area is 147 Å². The number of hydrogen-bond donors (Lipinski definition) is 2. The summed E-state index contributed by atoms with van der Waals surface area (Å²) in [5.41, 5.74) is 2.29. The summed E-state index contributed by atoms with van der Waals surface area (Å²) in [6.45, 7) is 4.80.